The first-order valence-corrected chi connectivity index (χ1v) is 9.62. The van der Waals surface area contributed by atoms with Gasteiger partial charge in [-0.15, -0.1) is 0 Å². The van der Waals surface area contributed by atoms with Crippen molar-refractivity contribution in [3.05, 3.63) is 24.0 Å². The molecule has 2 fully saturated rings. The lowest BCUT2D eigenvalue weighted by atomic mass is 9.79. The van der Waals surface area contributed by atoms with Crippen molar-refractivity contribution in [2.45, 2.75) is 70.1 Å². The molecule has 25 heavy (non-hydrogen) atoms. The molecule has 1 aromatic rings. The van der Waals surface area contributed by atoms with Crippen molar-refractivity contribution in [1.82, 2.24) is 4.90 Å². The first-order valence-electron chi connectivity index (χ1n) is 9.62. The Kier molecular flexibility index (Phi) is 5.85. The second-order valence-corrected chi connectivity index (χ2v) is 7.72. The molecule has 0 atom stereocenters. The van der Waals surface area contributed by atoms with Crippen LogP contribution in [0.4, 0.5) is 10.1 Å². The maximum Gasteiger partial charge on any atom is 0.138 e. The van der Waals surface area contributed by atoms with Crippen LogP contribution in [-0.2, 0) is 4.74 Å². The third kappa shape index (κ3) is 4.45. The predicted molar refractivity (Wildman–Crippen MR) is 98.6 cm³/mol. The molecule has 5 heteroatoms. The summed E-state index contributed by atoms with van der Waals surface area (Å²) in [5.74, 6) is -0.207. The van der Waals surface area contributed by atoms with Crippen molar-refractivity contribution < 1.29 is 14.2 Å². The van der Waals surface area contributed by atoms with E-state index in [9.17, 15) is 9.50 Å². The van der Waals surface area contributed by atoms with Crippen molar-refractivity contribution in [3.63, 3.8) is 0 Å². The molecule has 1 saturated carbocycles. The van der Waals surface area contributed by atoms with Crippen LogP contribution in [0.5, 0.6) is 5.75 Å². The van der Waals surface area contributed by atoms with E-state index in [0.717, 1.165) is 45.4 Å². The van der Waals surface area contributed by atoms with Crippen LogP contribution in [0.2, 0.25) is 0 Å². The molecule has 0 spiro atoms. The Morgan fingerprint density at radius 2 is 1.92 bits per heavy atom. The second kappa shape index (κ2) is 7.92. The average molecular weight is 350 g/mol. The number of piperidine rings is 1. The lowest BCUT2D eigenvalue weighted by molar-refractivity contribution is -0.0242. The molecule has 0 radical (unpaired) electrons. The highest BCUT2D eigenvalue weighted by Crippen LogP contribution is 2.36. The molecule has 1 heterocycles. The zero-order chi connectivity index (χ0) is 17.9. The van der Waals surface area contributed by atoms with Gasteiger partial charge in [-0.3, -0.25) is 4.90 Å². The van der Waals surface area contributed by atoms with Gasteiger partial charge in [-0.25, -0.2) is 4.39 Å². The quantitative estimate of drug-likeness (QED) is 0.783. The monoisotopic (exact) mass is 350 g/mol. The summed E-state index contributed by atoms with van der Waals surface area (Å²) < 4.78 is 19.2. The number of aromatic hydroxyl groups is 1. The van der Waals surface area contributed by atoms with Crippen molar-refractivity contribution in [2.75, 3.05) is 25.0 Å². The zero-order valence-electron chi connectivity index (χ0n) is 15.4. The van der Waals surface area contributed by atoms with Gasteiger partial charge in [0.25, 0.3) is 0 Å². The number of phenols is 1. The molecule has 0 aromatic heterocycles. The van der Waals surface area contributed by atoms with Crippen molar-refractivity contribution >= 4 is 5.69 Å². The second-order valence-electron chi connectivity index (χ2n) is 7.72. The number of hydrogen-bond donors (Lipinski definition) is 2. The smallest absolute Gasteiger partial charge is 0.138 e. The van der Waals surface area contributed by atoms with E-state index in [-0.39, 0.29) is 23.1 Å². The fraction of sp³-hybridized carbons (Fsp3) is 0.700. The van der Waals surface area contributed by atoms with Crippen LogP contribution in [0.25, 0.3) is 0 Å². The normalized spacial score (nSPS) is 28.8. The highest BCUT2D eigenvalue weighted by atomic mass is 19.1. The van der Waals surface area contributed by atoms with Gasteiger partial charge in [0.2, 0.25) is 0 Å². The Labute approximate surface area is 150 Å². The minimum atomic E-state index is -0.323. The third-order valence-electron chi connectivity index (χ3n) is 5.99. The lowest BCUT2D eigenvalue weighted by Crippen LogP contribution is -2.53. The van der Waals surface area contributed by atoms with Gasteiger partial charge in [0.1, 0.15) is 11.6 Å². The lowest BCUT2D eigenvalue weighted by Gasteiger charge is -2.48. The summed E-state index contributed by atoms with van der Waals surface area (Å²) >= 11 is 0. The van der Waals surface area contributed by atoms with E-state index in [4.69, 9.17) is 4.74 Å². The summed E-state index contributed by atoms with van der Waals surface area (Å²) in [6.07, 6.45) is 7.16. The van der Waals surface area contributed by atoms with E-state index in [1.807, 2.05) is 0 Å². The Balaban J connectivity index is 1.51. The van der Waals surface area contributed by atoms with E-state index < -0.39 is 0 Å². The summed E-state index contributed by atoms with van der Waals surface area (Å²) in [6.45, 7) is 7.36. The average Bonchev–Trinajstić information content (AvgIpc) is 2.61. The summed E-state index contributed by atoms with van der Waals surface area (Å²) in [5.41, 5.74) is 0.779. The molecule has 1 aromatic carbocycles. The van der Waals surface area contributed by atoms with E-state index >= 15 is 0 Å². The van der Waals surface area contributed by atoms with Gasteiger partial charge >= 0.3 is 0 Å². The molecule has 3 rings (SSSR count). The minimum Gasteiger partial charge on any atom is -0.506 e. The molecule has 2 aliphatic rings. The fourth-order valence-electron chi connectivity index (χ4n) is 4.34. The topological polar surface area (TPSA) is 44.7 Å². The van der Waals surface area contributed by atoms with Crippen molar-refractivity contribution in [3.8, 4) is 5.75 Å². The van der Waals surface area contributed by atoms with Gasteiger partial charge in [-0.05, 0) is 64.5 Å². The van der Waals surface area contributed by atoms with Crippen LogP contribution >= 0.6 is 0 Å². The number of nitrogens with one attached hydrogen (secondary N) is 1. The number of rotatable bonds is 5. The summed E-state index contributed by atoms with van der Waals surface area (Å²) in [4.78, 5) is 2.62. The fourth-order valence-corrected chi connectivity index (χ4v) is 4.34. The molecular weight excluding hydrogens is 319 g/mol. The predicted octanol–water partition coefficient (Wildman–Crippen LogP) is 4.15. The van der Waals surface area contributed by atoms with Gasteiger partial charge in [0.15, 0.2) is 0 Å². The summed E-state index contributed by atoms with van der Waals surface area (Å²) in [7, 11) is 0. The molecule has 0 amide bonds. The number of phenolic OH excluding ortho intramolecular Hbond substituents is 1. The van der Waals surface area contributed by atoms with Gasteiger partial charge in [-0.2, -0.15) is 0 Å². The van der Waals surface area contributed by atoms with Crippen molar-refractivity contribution in [1.29, 1.82) is 0 Å². The van der Waals surface area contributed by atoms with Gasteiger partial charge in [0.05, 0.1) is 11.8 Å². The maximum atomic E-state index is 13.4. The van der Waals surface area contributed by atoms with Gasteiger partial charge in [-0.1, -0.05) is 0 Å². The van der Waals surface area contributed by atoms with Crippen LogP contribution in [0.15, 0.2) is 18.2 Å². The Morgan fingerprint density at radius 3 is 2.56 bits per heavy atom. The van der Waals surface area contributed by atoms with E-state index in [1.165, 1.54) is 31.0 Å². The number of hydrogen-bond acceptors (Lipinski definition) is 4. The standard InChI is InChI=1S/C20H31FN2O2/c1-3-25-17-6-10-20(2,11-7-17)23-12-8-16(9-13-23)22-18-14-15(21)4-5-19(18)24/h4-5,14,16-17,22,24H,3,6-13H2,1-2H3/t17-,20-. The van der Waals surface area contributed by atoms with E-state index in [1.54, 1.807) is 0 Å². The molecule has 1 saturated heterocycles. The largest absolute Gasteiger partial charge is 0.506 e. The molecule has 1 aliphatic heterocycles. The Bertz CT molecular complexity index is 565. The molecule has 0 bridgehead atoms. The van der Waals surface area contributed by atoms with Crippen molar-refractivity contribution in [2.24, 2.45) is 0 Å². The van der Waals surface area contributed by atoms with Crippen LogP contribution in [0.1, 0.15) is 52.4 Å². The molecule has 140 valence electrons. The van der Waals surface area contributed by atoms with Crippen LogP contribution in [-0.4, -0.2) is 47.4 Å². The molecular formula is C20H31FN2O2. The first kappa shape index (κ1) is 18.5. The molecule has 4 nitrogen and oxygen atoms in total. The molecule has 1 aliphatic carbocycles. The molecule has 0 unspecified atom stereocenters. The Hall–Kier alpha value is -1.33. The third-order valence-corrected chi connectivity index (χ3v) is 5.99. The number of likely N-dealkylation sites (tertiary alicyclic amines) is 1. The number of halogens is 1. The number of nitrogens with zero attached hydrogens (tertiary/aromatic N) is 1. The number of ether oxygens (including phenoxy) is 1. The highest BCUT2D eigenvalue weighted by molar-refractivity contribution is 5.56. The van der Waals surface area contributed by atoms with Crippen LogP contribution < -0.4 is 5.32 Å². The maximum absolute atomic E-state index is 13.4. The Morgan fingerprint density at radius 1 is 1.24 bits per heavy atom. The van der Waals surface area contributed by atoms with Crippen LogP contribution in [0.3, 0.4) is 0 Å². The van der Waals surface area contributed by atoms with Gasteiger partial charge < -0.3 is 15.2 Å². The zero-order valence-corrected chi connectivity index (χ0v) is 15.4. The van der Waals surface area contributed by atoms with E-state index in [2.05, 4.69) is 24.1 Å². The van der Waals surface area contributed by atoms with E-state index in [0.29, 0.717) is 11.8 Å². The number of benzene rings is 1. The van der Waals surface area contributed by atoms with Gasteiger partial charge in [0, 0.05) is 37.3 Å². The summed E-state index contributed by atoms with van der Waals surface area (Å²) in [6, 6.07) is 4.35. The number of anilines is 1. The summed E-state index contributed by atoms with van der Waals surface area (Å²) in [5, 5.41) is 13.2. The SMILES string of the molecule is CCO[C@H]1CC[C@](C)(N2CCC(Nc3cc(F)ccc3O)CC2)CC1. The highest BCUT2D eigenvalue weighted by Gasteiger charge is 2.38. The minimum absolute atomic E-state index is 0.116. The first-order chi connectivity index (χ1) is 12.0. The molecule has 2 N–H and O–H groups in total. The van der Waals surface area contributed by atoms with Crippen LogP contribution in [0, 0.1) is 5.82 Å².